The number of nitrogens with one attached hydrogen (secondary N) is 3. The molecule has 0 spiro atoms. The summed E-state index contributed by atoms with van der Waals surface area (Å²) in [6, 6.07) is 7.18. The topological polar surface area (TPSA) is 151 Å². The number of carboxylic acid groups (broad SMARTS) is 1. The van der Waals surface area contributed by atoms with Gasteiger partial charge in [-0.25, -0.2) is 0 Å². The standard InChI is InChI=1S/C21H32N4O5SSe/c1-13(2)18(24-19(28)15(22)11-14-7-5-4-6-8-14)21(30)32-25-16(9-10-31-3)20(29)23-12-17(26)27/h4-8,13,15-16,18,25H,9-12,22H2,1-3H3,(H,23,29)(H,24,28)(H,26,27)/t15-,16-,18-/m0/s1. The number of thioether (sulfide) groups is 1. The number of hydrogen-bond acceptors (Lipinski definition) is 7. The van der Waals surface area contributed by atoms with Crippen LogP contribution < -0.4 is 20.7 Å². The van der Waals surface area contributed by atoms with Gasteiger partial charge < -0.3 is 0 Å². The first-order valence-corrected chi connectivity index (χ1v) is 13.3. The molecule has 1 aromatic carbocycles. The molecule has 11 heteroatoms. The second-order valence-electron chi connectivity index (χ2n) is 7.51. The molecule has 2 amide bonds. The monoisotopic (exact) mass is 532 g/mol. The van der Waals surface area contributed by atoms with Crippen LogP contribution in [0.1, 0.15) is 25.8 Å². The Morgan fingerprint density at radius 2 is 1.78 bits per heavy atom. The first-order chi connectivity index (χ1) is 15.1. The second kappa shape index (κ2) is 15.0. The Kier molecular flexibility index (Phi) is 13.2. The van der Waals surface area contributed by atoms with Gasteiger partial charge in [-0.1, -0.05) is 0 Å². The van der Waals surface area contributed by atoms with Gasteiger partial charge in [-0.15, -0.1) is 0 Å². The molecule has 0 aliphatic carbocycles. The summed E-state index contributed by atoms with van der Waals surface area (Å²) in [6.45, 7) is 3.17. The Balaban J connectivity index is 2.69. The van der Waals surface area contributed by atoms with Crippen LogP contribution >= 0.6 is 11.8 Å². The molecule has 0 saturated carbocycles. The summed E-state index contributed by atoms with van der Waals surface area (Å²) in [7, 11) is 0. The SMILES string of the molecule is CSCC[C@H](N[Se]C(=O)[C@@H](NC(=O)[C@@H](N)Cc1ccccc1)C(C)C)C(=O)NCC(=O)O. The molecule has 0 heterocycles. The molecule has 1 aromatic rings. The van der Waals surface area contributed by atoms with Crippen molar-refractivity contribution in [3.63, 3.8) is 0 Å². The van der Waals surface area contributed by atoms with Crippen molar-refractivity contribution in [1.29, 1.82) is 0 Å². The van der Waals surface area contributed by atoms with Crippen LogP contribution in [0.3, 0.4) is 0 Å². The summed E-state index contributed by atoms with van der Waals surface area (Å²) < 4.78 is 2.75. The maximum atomic E-state index is 12.8. The van der Waals surface area contributed by atoms with Crippen LogP contribution in [-0.4, -0.2) is 79.4 Å². The molecular weight excluding hydrogens is 499 g/mol. The summed E-state index contributed by atoms with van der Waals surface area (Å²) in [5.74, 6) is -1.51. The van der Waals surface area contributed by atoms with Gasteiger partial charge in [0, 0.05) is 0 Å². The molecule has 0 aromatic heterocycles. The van der Waals surface area contributed by atoms with E-state index in [1.54, 1.807) is 11.8 Å². The van der Waals surface area contributed by atoms with E-state index in [1.165, 1.54) is 0 Å². The van der Waals surface area contributed by atoms with Crippen LogP contribution in [0.25, 0.3) is 0 Å². The van der Waals surface area contributed by atoms with Crippen LogP contribution in [-0.2, 0) is 25.6 Å². The van der Waals surface area contributed by atoms with Gasteiger partial charge in [0.15, 0.2) is 0 Å². The predicted octanol–water partition coefficient (Wildman–Crippen LogP) is -0.245. The molecular formula is C21H32N4O5SSe. The van der Waals surface area contributed by atoms with Crippen LogP contribution in [0.4, 0.5) is 0 Å². The van der Waals surface area contributed by atoms with Crippen LogP contribution in [0, 0.1) is 5.92 Å². The van der Waals surface area contributed by atoms with Crippen molar-refractivity contribution in [3.8, 4) is 0 Å². The number of nitrogens with two attached hydrogens (primary N) is 1. The number of carbonyl (C=O) groups excluding carboxylic acids is 3. The van der Waals surface area contributed by atoms with E-state index < -0.39 is 57.6 Å². The van der Waals surface area contributed by atoms with E-state index in [2.05, 4.69) is 15.0 Å². The van der Waals surface area contributed by atoms with Gasteiger partial charge in [0.25, 0.3) is 0 Å². The molecule has 1 rings (SSSR count). The first-order valence-electron chi connectivity index (χ1n) is 10.2. The van der Waals surface area contributed by atoms with Crippen molar-refractivity contribution in [2.24, 2.45) is 11.7 Å². The zero-order valence-electron chi connectivity index (χ0n) is 18.5. The van der Waals surface area contributed by atoms with E-state index >= 15 is 0 Å². The Morgan fingerprint density at radius 3 is 2.34 bits per heavy atom. The molecule has 9 nitrogen and oxygen atoms in total. The van der Waals surface area contributed by atoms with Crippen molar-refractivity contribution in [2.45, 2.75) is 44.8 Å². The number of amides is 2. The number of rotatable bonds is 15. The molecule has 178 valence electrons. The van der Waals surface area contributed by atoms with E-state index in [4.69, 9.17) is 10.8 Å². The number of carbonyl (C=O) groups is 4. The zero-order valence-corrected chi connectivity index (χ0v) is 21.0. The first kappa shape index (κ1) is 28.1. The third-order valence-electron chi connectivity index (χ3n) is 4.50. The fourth-order valence-electron chi connectivity index (χ4n) is 2.68. The molecule has 3 atom stereocenters. The molecule has 0 aliphatic rings. The summed E-state index contributed by atoms with van der Waals surface area (Å²) in [5.41, 5.74) is 6.96. The zero-order chi connectivity index (χ0) is 24.1. The quantitative estimate of drug-likeness (QED) is 0.195. The average Bonchev–Trinajstić information content (AvgIpc) is 2.75. The molecule has 0 aliphatic heterocycles. The van der Waals surface area contributed by atoms with Gasteiger partial charge in [0.1, 0.15) is 0 Å². The minimum absolute atomic E-state index is 0.162. The molecule has 6 N–H and O–H groups in total. The van der Waals surface area contributed by atoms with E-state index in [0.717, 1.165) is 5.56 Å². The number of aliphatic carboxylic acids is 1. The van der Waals surface area contributed by atoms with Crippen molar-refractivity contribution in [2.75, 3.05) is 18.6 Å². The van der Waals surface area contributed by atoms with Gasteiger partial charge in [-0.05, 0) is 0 Å². The van der Waals surface area contributed by atoms with Gasteiger partial charge in [0.2, 0.25) is 0 Å². The third kappa shape index (κ3) is 10.6. The molecule has 0 radical (unpaired) electrons. The van der Waals surface area contributed by atoms with Gasteiger partial charge in [0.05, 0.1) is 0 Å². The normalized spacial score (nSPS) is 13.8. The fourth-order valence-corrected chi connectivity index (χ4v) is 5.12. The van der Waals surface area contributed by atoms with Gasteiger partial charge in [-0.3, -0.25) is 0 Å². The van der Waals surface area contributed by atoms with Crippen molar-refractivity contribution < 1.29 is 24.3 Å². The number of hydrogen-bond donors (Lipinski definition) is 5. The van der Waals surface area contributed by atoms with Crippen LogP contribution in [0.15, 0.2) is 30.3 Å². The van der Waals surface area contributed by atoms with E-state index in [1.807, 2.05) is 50.4 Å². The average molecular weight is 532 g/mol. The molecule has 0 saturated heterocycles. The van der Waals surface area contributed by atoms with E-state index in [9.17, 15) is 19.2 Å². The fraction of sp³-hybridized carbons (Fsp3) is 0.524. The number of benzene rings is 1. The number of carboxylic acids is 1. The summed E-state index contributed by atoms with van der Waals surface area (Å²) in [4.78, 5) is 48.4. The summed E-state index contributed by atoms with van der Waals surface area (Å²) in [5, 5.41) is 13.8. The Morgan fingerprint density at radius 1 is 1.12 bits per heavy atom. The van der Waals surface area contributed by atoms with Gasteiger partial charge in [-0.2, -0.15) is 0 Å². The van der Waals surface area contributed by atoms with Crippen LogP contribution in [0.2, 0.25) is 0 Å². The maximum absolute atomic E-state index is 12.8. The van der Waals surface area contributed by atoms with Crippen molar-refractivity contribution in [1.82, 2.24) is 15.0 Å². The second-order valence-corrected chi connectivity index (χ2v) is 10.3. The molecule has 32 heavy (non-hydrogen) atoms. The Bertz CT molecular complexity index is 766. The molecule has 0 bridgehead atoms. The van der Waals surface area contributed by atoms with E-state index in [0.29, 0.717) is 18.6 Å². The minimum atomic E-state index is -1.14. The summed E-state index contributed by atoms with van der Waals surface area (Å²) >= 11 is 0.748. The Labute approximate surface area is 199 Å². The third-order valence-corrected chi connectivity index (χ3v) is 6.94. The van der Waals surface area contributed by atoms with E-state index in [-0.39, 0.29) is 10.6 Å². The summed E-state index contributed by atoms with van der Waals surface area (Å²) in [6.07, 6.45) is 2.70. The van der Waals surface area contributed by atoms with Crippen molar-refractivity contribution in [3.05, 3.63) is 35.9 Å². The molecule has 0 fully saturated rings. The Hall–Kier alpha value is -1.91. The van der Waals surface area contributed by atoms with Crippen molar-refractivity contribution >= 4 is 49.4 Å². The van der Waals surface area contributed by atoms with Gasteiger partial charge >= 0.3 is 200 Å². The predicted molar refractivity (Wildman–Crippen MR) is 126 cm³/mol. The molecule has 0 unspecified atom stereocenters. The van der Waals surface area contributed by atoms with Crippen LogP contribution in [0.5, 0.6) is 0 Å².